The molecule has 1 saturated heterocycles. The summed E-state index contributed by atoms with van der Waals surface area (Å²) < 4.78 is 5.62. The molecular formula is C10H21NO. The van der Waals surface area contributed by atoms with Crippen molar-refractivity contribution in [2.24, 2.45) is 5.41 Å². The summed E-state index contributed by atoms with van der Waals surface area (Å²) in [7, 11) is 0. The Morgan fingerprint density at radius 2 is 2.17 bits per heavy atom. The molecule has 0 amide bonds. The van der Waals surface area contributed by atoms with Crippen LogP contribution in [0.2, 0.25) is 0 Å². The van der Waals surface area contributed by atoms with Crippen molar-refractivity contribution in [1.82, 2.24) is 5.32 Å². The van der Waals surface area contributed by atoms with E-state index >= 15 is 0 Å². The normalized spacial score (nSPS) is 24.8. The number of hydrogen-bond donors (Lipinski definition) is 1. The van der Waals surface area contributed by atoms with Gasteiger partial charge in [0.2, 0.25) is 0 Å². The lowest BCUT2D eigenvalue weighted by Gasteiger charge is -2.19. The van der Waals surface area contributed by atoms with Gasteiger partial charge in [0.15, 0.2) is 0 Å². The van der Waals surface area contributed by atoms with Gasteiger partial charge in [0.05, 0.1) is 13.2 Å². The SMILES string of the molecule is CC(C)(C)COCC1CCCN1. The van der Waals surface area contributed by atoms with Crippen molar-refractivity contribution in [1.29, 1.82) is 0 Å². The van der Waals surface area contributed by atoms with Gasteiger partial charge in [-0.2, -0.15) is 0 Å². The van der Waals surface area contributed by atoms with Crippen LogP contribution in [0, 0.1) is 5.41 Å². The zero-order valence-corrected chi connectivity index (χ0v) is 8.52. The van der Waals surface area contributed by atoms with Crippen LogP contribution >= 0.6 is 0 Å². The molecule has 0 aliphatic carbocycles. The fourth-order valence-electron chi connectivity index (χ4n) is 1.41. The van der Waals surface area contributed by atoms with Gasteiger partial charge in [0.25, 0.3) is 0 Å². The van der Waals surface area contributed by atoms with Gasteiger partial charge in [0.1, 0.15) is 0 Å². The predicted molar refractivity (Wildman–Crippen MR) is 51.3 cm³/mol. The summed E-state index contributed by atoms with van der Waals surface area (Å²) >= 11 is 0. The summed E-state index contributed by atoms with van der Waals surface area (Å²) in [5, 5.41) is 3.42. The lowest BCUT2D eigenvalue weighted by molar-refractivity contribution is 0.0595. The van der Waals surface area contributed by atoms with E-state index in [0.29, 0.717) is 11.5 Å². The van der Waals surface area contributed by atoms with Crippen LogP contribution in [0.5, 0.6) is 0 Å². The maximum atomic E-state index is 5.62. The number of nitrogens with one attached hydrogen (secondary N) is 1. The van der Waals surface area contributed by atoms with E-state index in [-0.39, 0.29) is 0 Å². The highest BCUT2D eigenvalue weighted by Gasteiger charge is 2.16. The zero-order valence-electron chi connectivity index (χ0n) is 8.52. The van der Waals surface area contributed by atoms with Crippen molar-refractivity contribution in [3.63, 3.8) is 0 Å². The molecule has 1 heterocycles. The minimum Gasteiger partial charge on any atom is -0.379 e. The van der Waals surface area contributed by atoms with Gasteiger partial charge in [-0.15, -0.1) is 0 Å². The third kappa shape index (κ3) is 4.07. The highest BCUT2D eigenvalue weighted by Crippen LogP contribution is 2.14. The van der Waals surface area contributed by atoms with E-state index in [4.69, 9.17) is 4.74 Å². The molecule has 0 aromatic carbocycles. The van der Waals surface area contributed by atoms with Crippen molar-refractivity contribution >= 4 is 0 Å². The van der Waals surface area contributed by atoms with E-state index < -0.39 is 0 Å². The van der Waals surface area contributed by atoms with Crippen molar-refractivity contribution in [3.8, 4) is 0 Å². The van der Waals surface area contributed by atoms with Crippen molar-refractivity contribution in [2.75, 3.05) is 19.8 Å². The molecular weight excluding hydrogens is 150 g/mol. The fourth-order valence-corrected chi connectivity index (χ4v) is 1.41. The van der Waals surface area contributed by atoms with Gasteiger partial charge in [-0.05, 0) is 24.8 Å². The molecule has 1 N–H and O–H groups in total. The molecule has 1 aliphatic heterocycles. The van der Waals surface area contributed by atoms with E-state index in [2.05, 4.69) is 26.1 Å². The van der Waals surface area contributed by atoms with Gasteiger partial charge in [-0.25, -0.2) is 0 Å². The van der Waals surface area contributed by atoms with E-state index in [0.717, 1.165) is 13.2 Å². The topological polar surface area (TPSA) is 21.3 Å². The molecule has 1 atom stereocenters. The lowest BCUT2D eigenvalue weighted by atomic mass is 9.99. The Labute approximate surface area is 75.7 Å². The van der Waals surface area contributed by atoms with E-state index in [1.807, 2.05) is 0 Å². The standard InChI is InChI=1S/C10H21NO/c1-10(2,3)8-12-7-9-5-4-6-11-9/h9,11H,4-8H2,1-3H3. The first-order chi connectivity index (χ1) is 5.58. The molecule has 1 unspecified atom stereocenters. The molecule has 1 fully saturated rings. The van der Waals surface area contributed by atoms with E-state index in [1.165, 1.54) is 19.4 Å². The Morgan fingerprint density at radius 3 is 2.67 bits per heavy atom. The molecule has 0 bridgehead atoms. The third-order valence-electron chi connectivity index (χ3n) is 2.02. The number of ether oxygens (including phenoxy) is 1. The maximum Gasteiger partial charge on any atom is 0.0619 e. The Bertz CT molecular complexity index is 122. The van der Waals surface area contributed by atoms with Crippen LogP contribution in [-0.2, 0) is 4.74 Å². The first kappa shape index (κ1) is 10.0. The van der Waals surface area contributed by atoms with Crippen LogP contribution in [0.25, 0.3) is 0 Å². The summed E-state index contributed by atoms with van der Waals surface area (Å²) in [6.07, 6.45) is 2.59. The molecule has 72 valence electrons. The lowest BCUT2D eigenvalue weighted by Crippen LogP contribution is -2.28. The smallest absolute Gasteiger partial charge is 0.0619 e. The van der Waals surface area contributed by atoms with Crippen molar-refractivity contribution in [2.45, 2.75) is 39.7 Å². The second-order valence-electron chi connectivity index (χ2n) is 4.87. The molecule has 1 aliphatic rings. The number of hydrogen-bond acceptors (Lipinski definition) is 2. The quantitative estimate of drug-likeness (QED) is 0.699. The second kappa shape index (κ2) is 4.24. The summed E-state index contributed by atoms with van der Waals surface area (Å²) in [6.45, 7) is 9.53. The van der Waals surface area contributed by atoms with Crippen LogP contribution in [0.4, 0.5) is 0 Å². The van der Waals surface area contributed by atoms with Crippen LogP contribution in [0.15, 0.2) is 0 Å². The average Bonchev–Trinajstić information content (AvgIpc) is 2.36. The summed E-state index contributed by atoms with van der Waals surface area (Å²) in [5.74, 6) is 0. The van der Waals surface area contributed by atoms with E-state index in [1.54, 1.807) is 0 Å². The Kier molecular flexibility index (Phi) is 3.53. The Balaban J connectivity index is 2.02. The maximum absolute atomic E-state index is 5.62. The Hall–Kier alpha value is -0.0800. The summed E-state index contributed by atoms with van der Waals surface area (Å²) in [4.78, 5) is 0. The largest absolute Gasteiger partial charge is 0.379 e. The highest BCUT2D eigenvalue weighted by atomic mass is 16.5. The van der Waals surface area contributed by atoms with Crippen LogP contribution < -0.4 is 5.32 Å². The molecule has 0 spiro atoms. The van der Waals surface area contributed by atoms with Gasteiger partial charge in [-0.3, -0.25) is 0 Å². The van der Waals surface area contributed by atoms with E-state index in [9.17, 15) is 0 Å². The number of rotatable bonds is 3. The zero-order chi connectivity index (χ0) is 9.03. The van der Waals surface area contributed by atoms with Gasteiger partial charge < -0.3 is 10.1 Å². The van der Waals surface area contributed by atoms with Crippen LogP contribution in [-0.4, -0.2) is 25.8 Å². The second-order valence-corrected chi connectivity index (χ2v) is 4.87. The predicted octanol–water partition coefficient (Wildman–Crippen LogP) is 1.80. The fraction of sp³-hybridized carbons (Fsp3) is 1.00. The monoisotopic (exact) mass is 171 g/mol. The Morgan fingerprint density at radius 1 is 1.42 bits per heavy atom. The van der Waals surface area contributed by atoms with Crippen LogP contribution in [0.1, 0.15) is 33.6 Å². The van der Waals surface area contributed by atoms with Gasteiger partial charge >= 0.3 is 0 Å². The third-order valence-corrected chi connectivity index (χ3v) is 2.02. The molecule has 2 nitrogen and oxygen atoms in total. The first-order valence-electron chi connectivity index (χ1n) is 4.89. The molecule has 0 radical (unpaired) electrons. The minimum absolute atomic E-state index is 0.304. The first-order valence-corrected chi connectivity index (χ1v) is 4.89. The molecule has 1 rings (SSSR count). The highest BCUT2D eigenvalue weighted by molar-refractivity contribution is 4.73. The molecule has 0 aromatic heterocycles. The summed E-state index contributed by atoms with van der Waals surface area (Å²) in [5.41, 5.74) is 0.304. The summed E-state index contributed by atoms with van der Waals surface area (Å²) in [6, 6.07) is 0.618. The van der Waals surface area contributed by atoms with Gasteiger partial charge in [0, 0.05) is 6.04 Å². The minimum atomic E-state index is 0.304. The van der Waals surface area contributed by atoms with Crippen LogP contribution in [0.3, 0.4) is 0 Å². The molecule has 12 heavy (non-hydrogen) atoms. The molecule has 0 aromatic rings. The molecule has 0 saturated carbocycles. The van der Waals surface area contributed by atoms with Crippen molar-refractivity contribution in [3.05, 3.63) is 0 Å². The average molecular weight is 171 g/mol. The molecule has 2 heteroatoms. The van der Waals surface area contributed by atoms with Crippen molar-refractivity contribution < 1.29 is 4.74 Å². The van der Waals surface area contributed by atoms with Gasteiger partial charge in [-0.1, -0.05) is 20.8 Å².